The normalized spacial score (nSPS) is 10.1. The SMILES string of the molecule is O=C(O)CCSCC(=O)c1ccc(Cl)cc1. The molecule has 0 spiro atoms. The van der Waals surface area contributed by atoms with E-state index in [2.05, 4.69) is 0 Å². The van der Waals surface area contributed by atoms with E-state index in [1.807, 2.05) is 0 Å². The third-order valence-electron chi connectivity index (χ3n) is 1.86. The molecule has 3 nitrogen and oxygen atoms in total. The average Bonchev–Trinajstić information content (AvgIpc) is 2.25. The van der Waals surface area contributed by atoms with Gasteiger partial charge in [0.2, 0.25) is 0 Å². The highest BCUT2D eigenvalue weighted by Gasteiger charge is 2.06. The van der Waals surface area contributed by atoms with E-state index < -0.39 is 5.97 Å². The third kappa shape index (κ3) is 4.68. The van der Waals surface area contributed by atoms with Crippen LogP contribution in [0.3, 0.4) is 0 Å². The molecule has 0 aliphatic carbocycles. The minimum absolute atomic E-state index is 0.00736. The van der Waals surface area contributed by atoms with Gasteiger partial charge in [-0.2, -0.15) is 11.8 Å². The van der Waals surface area contributed by atoms with Crippen molar-refractivity contribution in [1.29, 1.82) is 0 Å². The molecule has 0 atom stereocenters. The van der Waals surface area contributed by atoms with Crippen LogP contribution in [0.15, 0.2) is 24.3 Å². The quantitative estimate of drug-likeness (QED) is 0.630. The molecule has 1 rings (SSSR count). The smallest absolute Gasteiger partial charge is 0.304 e. The van der Waals surface area contributed by atoms with Crippen molar-refractivity contribution in [1.82, 2.24) is 0 Å². The van der Waals surface area contributed by atoms with Gasteiger partial charge in [0.15, 0.2) is 5.78 Å². The van der Waals surface area contributed by atoms with Gasteiger partial charge in [-0.3, -0.25) is 9.59 Å². The summed E-state index contributed by atoms with van der Waals surface area (Å²) in [4.78, 5) is 21.8. The molecule has 0 fully saturated rings. The maximum absolute atomic E-state index is 11.6. The average molecular weight is 259 g/mol. The van der Waals surface area contributed by atoms with Gasteiger partial charge < -0.3 is 5.11 Å². The number of halogens is 1. The molecule has 16 heavy (non-hydrogen) atoms. The topological polar surface area (TPSA) is 54.4 Å². The van der Waals surface area contributed by atoms with Crippen LogP contribution in [0.25, 0.3) is 0 Å². The number of rotatable bonds is 6. The molecule has 1 N–H and O–H groups in total. The summed E-state index contributed by atoms with van der Waals surface area (Å²) in [6, 6.07) is 6.66. The predicted molar refractivity (Wildman–Crippen MR) is 65.4 cm³/mol. The maximum Gasteiger partial charge on any atom is 0.304 e. The first kappa shape index (κ1) is 13.1. The van der Waals surface area contributed by atoms with Crippen LogP contribution in [0.1, 0.15) is 16.8 Å². The van der Waals surface area contributed by atoms with Gasteiger partial charge in [0.25, 0.3) is 0 Å². The number of thioether (sulfide) groups is 1. The van der Waals surface area contributed by atoms with Crippen molar-refractivity contribution < 1.29 is 14.7 Å². The van der Waals surface area contributed by atoms with E-state index in [4.69, 9.17) is 16.7 Å². The summed E-state index contributed by atoms with van der Waals surface area (Å²) >= 11 is 7.02. The van der Waals surface area contributed by atoms with Crippen molar-refractivity contribution in [2.24, 2.45) is 0 Å². The minimum Gasteiger partial charge on any atom is -0.481 e. The second-order valence-electron chi connectivity index (χ2n) is 3.13. The molecule has 0 amide bonds. The van der Waals surface area contributed by atoms with E-state index in [0.29, 0.717) is 22.1 Å². The number of aliphatic carboxylic acids is 1. The van der Waals surface area contributed by atoms with Crippen LogP contribution in [-0.2, 0) is 4.79 Å². The van der Waals surface area contributed by atoms with E-state index in [0.717, 1.165) is 0 Å². The Morgan fingerprint density at radius 3 is 2.44 bits per heavy atom. The fourth-order valence-corrected chi connectivity index (χ4v) is 1.98. The molecular formula is C11H11ClO3S. The van der Waals surface area contributed by atoms with Crippen LogP contribution >= 0.6 is 23.4 Å². The number of carboxylic acids is 1. The van der Waals surface area contributed by atoms with Gasteiger partial charge in [-0.15, -0.1) is 0 Å². The van der Waals surface area contributed by atoms with Crippen molar-refractivity contribution in [2.75, 3.05) is 11.5 Å². The summed E-state index contributed by atoms with van der Waals surface area (Å²) in [5, 5.41) is 9.01. The monoisotopic (exact) mass is 258 g/mol. The fourth-order valence-electron chi connectivity index (χ4n) is 1.04. The number of ketones is 1. The van der Waals surface area contributed by atoms with E-state index in [-0.39, 0.29) is 12.2 Å². The Labute approximate surface area is 103 Å². The molecule has 1 aromatic carbocycles. The molecule has 0 unspecified atom stereocenters. The van der Waals surface area contributed by atoms with Crippen molar-refractivity contribution in [3.8, 4) is 0 Å². The van der Waals surface area contributed by atoms with Crippen molar-refractivity contribution in [2.45, 2.75) is 6.42 Å². The fraction of sp³-hybridized carbons (Fsp3) is 0.273. The van der Waals surface area contributed by atoms with Crippen LogP contribution in [0.5, 0.6) is 0 Å². The second kappa shape index (κ2) is 6.55. The lowest BCUT2D eigenvalue weighted by atomic mass is 10.1. The van der Waals surface area contributed by atoms with Crippen LogP contribution in [-0.4, -0.2) is 28.4 Å². The maximum atomic E-state index is 11.6. The minimum atomic E-state index is -0.841. The zero-order valence-corrected chi connectivity index (χ0v) is 10.1. The largest absolute Gasteiger partial charge is 0.481 e. The molecule has 0 heterocycles. The zero-order valence-electron chi connectivity index (χ0n) is 8.48. The summed E-state index contributed by atoms with van der Waals surface area (Å²) in [5.41, 5.74) is 0.604. The van der Waals surface area contributed by atoms with E-state index >= 15 is 0 Å². The number of hydrogen-bond acceptors (Lipinski definition) is 3. The Morgan fingerprint density at radius 1 is 1.25 bits per heavy atom. The molecule has 0 aromatic heterocycles. The Hall–Kier alpha value is -1.00. The number of hydrogen-bond donors (Lipinski definition) is 1. The van der Waals surface area contributed by atoms with Crippen LogP contribution in [0, 0.1) is 0 Å². The summed E-state index contributed by atoms with van der Waals surface area (Å²) in [6.07, 6.45) is 0.0819. The number of carbonyl (C=O) groups excluding carboxylic acids is 1. The summed E-state index contributed by atoms with van der Waals surface area (Å²) < 4.78 is 0. The third-order valence-corrected chi connectivity index (χ3v) is 3.07. The first-order valence-electron chi connectivity index (χ1n) is 4.68. The highest BCUT2D eigenvalue weighted by Crippen LogP contribution is 2.12. The molecule has 0 saturated heterocycles. The van der Waals surface area contributed by atoms with Gasteiger partial charge in [-0.05, 0) is 24.3 Å². The van der Waals surface area contributed by atoms with Crippen molar-refractivity contribution >= 4 is 35.1 Å². The lowest BCUT2D eigenvalue weighted by molar-refractivity contribution is -0.136. The van der Waals surface area contributed by atoms with Gasteiger partial charge >= 0.3 is 5.97 Å². The highest BCUT2D eigenvalue weighted by molar-refractivity contribution is 8.00. The molecular weight excluding hydrogens is 248 g/mol. The Balaban J connectivity index is 2.35. The van der Waals surface area contributed by atoms with E-state index in [1.165, 1.54) is 11.8 Å². The van der Waals surface area contributed by atoms with Crippen LogP contribution in [0.4, 0.5) is 0 Å². The number of carbonyl (C=O) groups is 2. The van der Waals surface area contributed by atoms with E-state index in [9.17, 15) is 9.59 Å². The Bertz CT molecular complexity index is 375. The molecule has 86 valence electrons. The zero-order chi connectivity index (χ0) is 12.0. The molecule has 0 radical (unpaired) electrons. The first-order chi connectivity index (χ1) is 7.59. The Morgan fingerprint density at radius 2 is 1.88 bits per heavy atom. The molecule has 0 saturated carbocycles. The summed E-state index contributed by atoms with van der Waals surface area (Å²) in [7, 11) is 0. The van der Waals surface area contributed by atoms with Gasteiger partial charge in [0, 0.05) is 16.3 Å². The van der Waals surface area contributed by atoms with Gasteiger partial charge in [0.05, 0.1) is 12.2 Å². The summed E-state index contributed by atoms with van der Waals surface area (Å²) in [6.45, 7) is 0. The second-order valence-corrected chi connectivity index (χ2v) is 4.67. The molecule has 0 bridgehead atoms. The van der Waals surface area contributed by atoms with Crippen LogP contribution in [0.2, 0.25) is 5.02 Å². The molecule has 1 aromatic rings. The molecule has 0 aliphatic heterocycles. The van der Waals surface area contributed by atoms with Crippen LogP contribution < -0.4 is 0 Å². The Kier molecular flexibility index (Phi) is 5.35. The lowest BCUT2D eigenvalue weighted by Gasteiger charge is -2.00. The number of carboxylic acid groups (broad SMARTS) is 1. The highest BCUT2D eigenvalue weighted by atomic mass is 35.5. The molecule has 0 aliphatic rings. The van der Waals surface area contributed by atoms with Gasteiger partial charge in [0.1, 0.15) is 0 Å². The standard InChI is InChI=1S/C11H11ClO3S/c12-9-3-1-8(2-4-9)10(13)7-16-6-5-11(14)15/h1-4H,5-7H2,(H,14,15). The predicted octanol–water partition coefficient (Wildman–Crippen LogP) is 2.73. The summed E-state index contributed by atoms with van der Waals surface area (Å²) in [5.74, 6) is -0.0951. The van der Waals surface area contributed by atoms with Gasteiger partial charge in [-0.25, -0.2) is 0 Å². The first-order valence-corrected chi connectivity index (χ1v) is 6.21. The van der Waals surface area contributed by atoms with Crippen molar-refractivity contribution in [3.05, 3.63) is 34.9 Å². The van der Waals surface area contributed by atoms with Gasteiger partial charge in [-0.1, -0.05) is 11.6 Å². The molecule has 5 heteroatoms. The number of Topliss-reactive ketones (excluding diaryl/α,β-unsaturated/α-hetero) is 1. The van der Waals surface area contributed by atoms with E-state index in [1.54, 1.807) is 24.3 Å². The van der Waals surface area contributed by atoms with Crippen molar-refractivity contribution in [3.63, 3.8) is 0 Å². The number of benzene rings is 1. The lowest BCUT2D eigenvalue weighted by Crippen LogP contribution is -2.04.